The maximum Gasteiger partial charge on any atom is 0.390 e. The van der Waals surface area contributed by atoms with Crippen molar-refractivity contribution in [1.82, 2.24) is 9.97 Å². The van der Waals surface area contributed by atoms with E-state index in [2.05, 4.69) is 15.3 Å². The van der Waals surface area contributed by atoms with E-state index >= 15 is 0 Å². The number of benzene rings is 1. The van der Waals surface area contributed by atoms with Gasteiger partial charge in [0.2, 0.25) is 0 Å². The highest BCUT2D eigenvalue weighted by Crippen LogP contribution is 2.21. The fraction of sp³-hybridized carbons (Fsp3) is 0.273. The van der Waals surface area contributed by atoms with E-state index in [0.29, 0.717) is 11.3 Å². The Morgan fingerprint density at radius 3 is 2.65 bits per heavy atom. The van der Waals surface area contributed by atoms with E-state index in [0.717, 1.165) is 5.39 Å². The highest BCUT2D eigenvalue weighted by Gasteiger charge is 2.26. The summed E-state index contributed by atoms with van der Waals surface area (Å²) in [5, 5.41) is 3.39. The van der Waals surface area contributed by atoms with E-state index in [4.69, 9.17) is 0 Å². The predicted octanol–water partition coefficient (Wildman–Crippen LogP) is 2.99. The first-order valence-electron chi connectivity index (χ1n) is 5.07. The summed E-state index contributed by atoms with van der Waals surface area (Å²) in [4.78, 5) is 7.96. The minimum atomic E-state index is -4.16. The van der Waals surface area contributed by atoms with Crippen LogP contribution in [0.1, 0.15) is 6.42 Å². The van der Waals surface area contributed by atoms with E-state index in [9.17, 15) is 13.2 Å². The molecule has 1 aromatic carbocycles. The molecule has 0 spiro atoms. The maximum atomic E-state index is 12.0. The molecule has 0 atom stereocenters. The Balaban J connectivity index is 2.13. The average molecular weight is 241 g/mol. The lowest BCUT2D eigenvalue weighted by molar-refractivity contribution is -0.131. The summed E-state index contributed by atoms with van der Waals surface area (Å²) in [6.07, 6.45) is -3.71. The number of fused-ring (bicyclic) bond motifs is 1. The van der Waals surface area contributed by atoms with E-state index in [1.807, 2.05) is 6.07 Å². The fourth-order valence-electron chi connectivity index (χ4n) is 1.47. The van der Waals surface area contributed by atoms with E-state index < -0.39 is 12.6 Å². The molecule has 17 heavy (non-hydrogen) atoms. The number of hydrogen-bond acceptors (Lipinski definition) is 3. The molecule has 0 saturated heterocycles. The van der Waals surface area contributed by atoms with E-state index in [-0.39, 0.29) is 6.54 Å². The molecule has 0 saturated carbocycles. The third-order valence-electron chi connectivity index (χ3n) is 2.24. The van der Waals surface area contributed by atoms with Gasteiger partial charge in [-0.15, -0.1) is 0 Å². The van der Waals surface area contributed by atoms with Gasteiger partial charge in [-0.05, 0) is 12.1 Å². The van der Waals surface area contributed by atoms with Gasteiger partial charge in [-0.2, -0.15) is 13.2 Å². The minimum absolute atomic E-state index is 0.190. The lowest BCUT2D eigenvalue weighted by Gasteiger charge is -2.09. The van der Waals surface area contributed by atoms with Crippen molar-refractivity contribution in [2.75, 3.05) is 11.9 Å². The predicted molar refractivity (Wildman–Crippen MR) is 58.7 cm³/mol. The molecule has 90 valence electrons. The second kappa shape index (κ2) is 4.57. The van der Waals surface area contributed by atoms with Crippen LogP contribution in [0.5, 0.6) is 0 Å². The normalized spacial score (nSPS) is 11.7. The lowest BCUT2D eigenvalue weighted by atomic mass is 10.2. The van der Waals surface area contributed by atoms with E-state index in [1.165, 1.54) is 6.33 Å². The molecule has 6 heteroatoms. The van der Waals surface area contributed by atoms with Gasteiger partial charge in [-0.3, -0.25) is 0 Å². The molecule has 0 fully saturated rings. The zero-order valence-corrected chi connectivity index (χ0v) is 8.83. The number of para-hydroxylation sites is 1. The Morgan fingerprint density at radius 1 is 1.12 bits per heavy atom. The van der Waals surface area contributed by atoms with Crippen LogP contribution < -0.4 is 5.32 Å². The Morgan fingerprint density at radius 2 is 1.88 bits per heavy atom. The summed E-state index contributed by atoms with van der Waals surface area (Å²) in [6, 6.07) is 7.16. The molecule has 0 aliphatic carbocycles. The van der Waals surface area contributed by atoms with Crippen LogP contribution in [0, 0.1) is 0 Å². The number of alkyl halides is 3. The summed E-state index contributed by atoms with van der Waals surface area (Å²) in [7, 11) is 0. The highest BCUT2D eigenvalue weighted by molar-refractivity contribution is 5.88. The van der Waals surface area contributed by atoms with Crippen LogP contribution in [0.4, 0.5) is 19.0 Å². The smallest absolute Gasteiger partial charge is 0.369 e. The number of halogens is 3. The van der Waals surface area contributed by atoms with Gasteiger partial charge < -0.3 is 5.32 Å². The summed E-state index contributed by atoms with van der Waals surface area (Å²) >= 11 is 0. The first kappa shape index (κ1) is 11.6. The van der Waals surface area contributed by atoms with Crippen LogP contribution in [-0.4, -0.2) is 22.7 Å². The Kier molecular flexibility index (Phi) is 3.12. The number of rotatable bonds is 3. The van der Waals surface area contributed by atoms with Gasteiger partial charge in [-0.1, -0.05) is 12.1 Å². The molecular formula is C11H10F3N3. The first-order valence-corrected chi connectivity index (χ1v) is 5.07. The van der Waals surface area contributed by atoms with Crippen LogP contribution in [0.3, 0.4) is 0 Å². The van der Waals surface area contributed by atoms with Crippen molar-refractivity contribution in [3.8, 4) is 0 Å². The van der Waals surface area contributed by atoms with Gasteiger partial charge in [0.25, 0.3) is 0 Å². The van der Waals surface area contributed by atoms with Gasteiger partial charge in [0, 0.05) is 11.9 Å². The Labute approximate surface area is 95.7 Å². The number of nitrogens with one attached hydrogen (secondary N) is 1. The molecule has 1 N–H and O–H groups in total. The van der Waals surface area contributed by atoms with Gasteiger partial charge in [0.05, 0.1) is 11.9 Å². The molecule has 0 aliphatic rings. The third kappa shape index (κ3) is 3.05. The molecule has 0 bridgehead atoms. The van der Waals surface area contributed by atoms with E-state index in [1.54, 1.807) is 18.2 Å². The van der Waals surface area contributed by atoms with Crippen molar-refractivity contribution >= 4 is 16.7 Å². The standard InChI is InChI=1S/C11H10F3N3/c12-11(13,14)5-6-15-10-8-3-1-2-4-9(8)16-7-17-10/h1-4,7H,5-6H2,(H,15,16,17). The fourth-order valence-corrected chi connectivity index (χ4v) is 1.47. The Bertz CT molecular complexity index is 505. The summed E-state index contributed by atoms with van der Waals surface area (Å²) in [6.45, 7) is -0.190. The molecule has 0 amide bonds. The number of aromatic nitrogens is 2. The van der Waals surface area contributed by atoms with Gasteiger partial charge in [-0.25, -0.2) is 9.97 Å². The van der Waals surface area contributed by atoms with Crippen LogP contribution in [0.25, 0.3) is 10.9 Å². The average Bonchev–Trinajstić information content (AvgIpc) is 2.28. The molecule has 2 aromatic rings. The van der Waals surface area contributed by atoms with Crippen molar-refractivity contribution in [1.29, 1.82) is 0 Å². The van der Waals surface area contributed by atoms with Gasteiger partial charge in [0.1, 0.15) is 12.1 Å². The van der Waals surface area contributed by atoms with Crippen molar-refractivity contribution in [2.24, 2.45) is 0 Å². The second-order valence-electron chi connectivity index (χ2n) is 3.53. The lowest BCUT2D eigenvalue weighted by Crippen LogP contribution is -2.15. The first-order chi connectivity index (χ1) is 8.06. The zero-order chi connectivity index (χ0) is 12.3. The van der Waals surface area contributed by atoms with Crippen LogP contribution >= 0.6 is 0 Å². The molecular weight excluding hydrogens is 231 g/mol. The van der Waals surface area contributed by atoms with Gasteiger partial charge in [0.15, 0.2) is 0 Å². The van der Waals surface area contributed by atoms with Crippen molar-refractivity contribution in [3.05, 3.63) is 30.6 Å². The molecule has 3 nitrogen and oxygen atoms in total. The molecule has 0 unspecified atom stereocenters. The number of anilines is 1. The summed E-state index contributed by atoms with van der Waals surface area (Å²) in [5.74, 6) is 0.430. The summed E-state index contributed by atoms with van der Waals surface area (Å²) in [5.41, 5.74) is 0.706. The quantitative estimate of drug-likeness (QED) is 0.897. The second-order valence-corrected chi connectivity index (χ2v) is 3.53. The molecule has 0 aliphatic heterocycles. The van der Waals surface area contributed by atoms with Crippen molar-refractivity contribution < 1.29 is 13.2 Å². The monoisotopic (exact) mass is 241 g/mol. The minimum Gasteiger partial charge on any atom is -0.369 e. The molecule has 1 heterocycles. The topological polar surface area (TPSA) is 37.8 Å². The maximum absolute atomic E-state index is 12.0. The number of nitrogens with zero attached hydrogens (tertiary/aromatic N) is 2. The van der Waals surface area contributed by atoms with Crippen molar-refractivity contribution in [3.63, 3.8) is 0 Å². The van der Waals surface area contributed by atoms with Crippen LogP contribution in [0.15, 0.2) is 30.6 Å². The summed E-state index contributed by atoms with van der Waals surface area (Å²) < 4.78 is 36.0. The van der Waals surface area contributed by atoms with Crippen LogP contribution in [0.2, 0.25) is 0 Å². The zero-order valence-electron chi connectivity index (χ0n) is 8.83. The van der Waals surface area contributed by atoms with Crippen molar-refractivity contribution in [2.45, 2.75) is 12.6 Å². The molecule has 2 rings (SSSR count). The van der Waals surface area contributed by atoms with Gasteiger partial charge >= 0.3 is 6.18 Å². The Hall–Kier alpha value is -1.85. The molecule has 1 aromatic heterocycles. The third-order valence-corrected chi connectivity index (χ3v) is 2.24. The van der Waals surface area contributed by atoms with Crippen LogP contribution in [-0.2, 0) is 0 Å². The molecule has 0 radical (unpaired) electrons. The highest BCUT2D eigenvalue weighted by atomic mass is 19.4. The number of hydrogen-bond donors (Lipinski definition) is 1. The SMILES string of the molecule is FC(F)(F)CCNc1ncnc2ccccc12. The largest absolute Gasteiger partial charge is 0.390 e.